The van der Waals surface area contributed by atoms with Crippen LogP contribution in [0.25, 0.3) is 5.76 Å². The number of halogens is 1. The normalized spacial score (nSPS) is 16.8. The van der Waals surface area contributed by atoms with E-state index in [1.54, 1.807) is 18.2 Å². The molecular formula is C26H24ClNO7S. The SMILES string of the molecule is COc1cc(OC)c(/C(O)=C2/C(=O)C(=O)N(Cc3ccc(OC)c(OC)c3)C2c2cccs2)cc1Cl. The molecule has 2 heterocycles. The number of carbonyl (C=O) groups excluding carboxylic acids is 2. The molecule has 1 unspecified atom stereocenters. The van der Waals surface area contributed by atoms with Crippen LogP contribution >= 0.6 is 22.9 Å². The second-order valence-corrected chi connectivity index (χ2v) is 9.21. The molecule has 1 atom stereocenters. The topological polar surface area (TPSA) is 94.5 Å². The van der Waals surface area contributed by atoms with Crippen LogP contribution < -0.4 is 18.9 Å². The van der Waals surface area contributed by atoms with Crippen molar-refractivity contribution in [2.45, 2.75) is 12.6 Å². The Labute approximate surface area is 217 Å². The largest absolute Gasteiger partial charge is 0.507 e. The smallest absolute Gasteiger partial charge is 0.295 e. The number of nitrogens with zero attached hydrogens (tertiary/aromatic N) is 1. The van der Waals surface area contributed by atoms with Gasteiger partial charge in [-0.3, -0.25) is 9.59 Å². The van der Waals surface area contributed by atoms with Crippen molar-refractivity contribution in [2.75, 3.05) is 28.4 Å². The van der Waals surface area contributed by atoms with Crippen LogP contribution in [0.2, 0.25) is 5.02 Å². The molecule has 1 amide bonds. The van der Waals surface area contributed by atoms with Crippen LogP contribution in [0.1, 0.15) is 22.0 Å². The van der Waals surface area contributed by atoms with Gasteiger partial charge in [-0.15, -0.1) is 11.3 Å². The zero-order valence-electron chi connectivity index (χ0n) is 20.0. The number of benzene rings is 2. The molecule has 0 spiro atoms. The lowest BCUT2D eigenvalue weighted by molar-refractivity contribution is -0.140. The maximum atomic E-state index is 13.3. The van der Waals surface area contributed by atoms with E-state index in [0.29, 0.717) is 17.2 Å². The van der Waals surface area contributed by atoms with E-state index in [-0.39, 0.29) is 34.2 Å². The molecule has 0 radical (unpaired) electrons. The van der Waals surface area contributed by atoms with Crippen LogP contribution in [0.15, 0.2) is 53.4 Å². The molecule has 0 saturated carbocycles. The zero-order chi connectivity index (χ0) is 26.0. The molecule has 1 fully saturated rings. The maximum absolute atomic E-state index is 13.3. The number of ketones is 1. The van der Waals surface area contributed by atoms with E-state index in [1.807, 2.05) is 17.5 Å². The van der Waals surface area contributed by atoms with E-state index >= 15 is 0 Å². The molecule has 1 aliphatic heterocycles. The quantitative estimate of drug-likeness (QED) is 0.248. The first-order valence-corrected chi connectivity index (χ1v) is 12.0. The Morgan fingerprint density at radius 3 is 2.25 bits per heavy atom. The Bertz CT molecular complexity index is 1340. The van der Waals surface area contributed by atoms with Gasteiger partial charge in [-0.25, -0.2) is 0 Å². The Kier molecular flexibility index (Phi) is 7.42. The van der Waals surface area contributed by atoms with E-state index in [9.17, 15) is 14.7 Å². The lowest BCUT2D eigenvalue weighted by atomic mass is 9.99. The predicted molar refractivity (Wildman–Crippen MR) is 136 cm³/mol. The van der Waals surface area contributed by atoms with Crippen molar-refractivity contribution in [1.82, 2.24) is 4.90 Å². The number of carbonyl (C=O) groups is 2. The highest BCUT2D eigenvalue weighted by molar-refractivity contribution is 7.10. The predicted octanol–water partition coefficient (Wildman–Crippen LogP) is 5.06. The number of amides is 1. The van der Waals surface area contributed by atoms with E-state index in [1.165, 1.54) is 56.8 Å². The minimum Gasteiger partial charge on any atom is -0.507 e. The standard InChI is InChI=1S/C26H24ClNO7S/c1-32-17-8-7-14(10-20(17)35-4)13-28-23(21-6-5-9-36-21)22(25(30)26(28)31)24(29)15-11-16(27)19(34-3)12-18(15)33-2/h5-12,23,29H,13H2,1-4H3/b24-22-. The molecule has 3 aromatic rings. The third kappa shape index (κ3) is 4.47. The summed E-state index contributed by atoms with van der Waals surface area (Å²) in [6, 6.07) is 11.0. The number of Topliss-reactive ketones (excluding diaryl/α,β-unsaturated/α-hetero) is 1. The Balaban J connectivity index is 1.85. The van der Waals surface area contributed by atoms with Crippen LogP contribution in [-0.2, 0) is 16.1 Å². The number of hydrogen-bond donors (Lipinski definition) is 1. The molecule has 0 aliphatic carbocycles. The van der Waals surface area contributed by atoms with Crippen molar-refractivity contribution >= 4 is 40.4 Å². The van der Waals surface area contributed by atoms with E-state index in [4.69, 9.17) is 30.5 Å². The summed E-state index contributed by atoms with van der Waals surface area (Å²) < 4.78 is 21.3. The first kappa shape index (κ1) is 25.4. The summed E-state index contributed by atoms with van der Waals surface area (Å²) in [4.78, 5) is 28.7. The monoisotopic (exact) mass is 529 g/mol. The summed E-state index contributed by atoms with van der Waals surface area (Å²) in [5.74, 6) is -0.302. The molecule has 10 heteroatoms. The van der Waals surface area contributed by atoms with Crippen molar-refractivity contribution < 1.29 is 33.6 Å². The maximum Gasteiger partial charge on any atom is 0.295 e. The summed E-state index contributed by atoms with van der Waals surface area (Å²) >= 11 is 7.68. The molecule has 0 bridgehead atoms. The molecule has 4 rings (SSSR count). The number of hydrogen-bond acceptors (Lipinski definition) is 8. The molecule has 2 aromatic carbocycles. The average molecular weight is 530 g/mol. The molecule has 36 heavy (non-hydrogen) atoms. The van der Waals surface area contributed by atoms with E-state index in [0.717, 1.165) is 10.4 Å². The first-order valence-electron chi connectivity index (χ1n) is 10.8. The molecule has 8 nitrogen and oxygen atoms in total. The third-order valence-electron chi connectivity index (χ3n) is 5.88. The number of rotatable bonds is 8. The van der Waals surface area contributed by atoms with Crippen molar-refractivity contribution in [3.05, 3.63) is 74.4 Å². The van der Waals surface area contributed by atoms with Crippen molar-refractivity contribution in [2.24, 2.45) is 0 Å². The fraction of sp³-hybridized carbons (Fsp3) is 0.231. The highest BCUT2D eigenvalue weighted by atomic mass is 35.5. The van der Waals surface area contributed by atoms with Gasteiger partial charge in [0.15, 0.2) is 11.5 Å². The van der Waals surface area contributed by atoms with Crippen LogP contribution in [0.3, 0.4) is 0 Å². The summed E-state index contributed by atoms with van der Waals surface area (Å²) in [6.45, 7) is 0.102. The number of thiophene rings is 1. The molecular weight excluding hydrogens is 506 g/mol. The van der Waals surface area contributed by atoms with Crippen LogP contribution in [-0.4, -0.2) is 50.1 Å². The number of ether oxygens (including phenoxy) is 4. The first-order chi connectivity index (χ1) is 17.3. The third-order valence-corrected chi connectivity index (χ3v) is 7.10. The molecule has 1 N–H and O–H groups in total. The van der Waals surface area contributed by atoms with Gasteiger partial charge in [-0.2, -0.15) is 0 Å². The van der Waals surface area contributed by atoms with Gasteiger partial charge >= 0.3 is 0 Å². The summed E-state index contributed by atoms with van der Waals surface area (Å²) in [5.41, 5.74) is 0.845. The second kappa shape index (κ2) is 10.5. The van der Waals surface area contributed by atoms with Gasteiger partial charge in [0, 0.05) is 17.5 Å². The minimum absolute atomic E-state index is 0.0533. The number of aliphatic hydroxyl groups is 1. The molecule has 188 valence electrons. The van der Waals surface area contributed by atoms with Gasteiger partial charge in [0.25, 0.3) is 11.7 Å². The second-order valence-electron chi connectivity index (χ2n) is 7.82. The van der Waals surface area contributed by atoms with Crippen LogP contribution in [0.5, 0.6) is 23.0 Å². The van der Waals surface area contributed by atoms with Crippen molar-refractivity contribution in [3.8, 4) is 23.0 Å². The summed E-state index contributed by atoms with van der Waals surface area (Å²) in [5, 5.41) is 13.4. The van der Waals surface area contributed by atoms with Crippen molar-refractivity contribution in [3.63, 3.8) is 0 Å². The van der Waals surface area contributed by atoms with E-state index < -0.39 is 17.7 Å². The van der Waals surface area contributed by atoms with Gasteiger partial charge < -0.3 is 29.0 Å². The van der Waals surface area contributed by atoms with Gasteiger partial charge in [-0.1, -0.05) is 23.7 Å². The fourth-order valence-electron chi connectivity index (χ4n) is 4.15. The highest BCUT2D eigenvalue weighted by Crippen LogP contribution is 2.44. The number of aliphatic hydroxyl groups excluding tert-OH is 1. The highest BCUT2D eigenvalue weighted by Gasteiger charge is 2.47. The van der Waals surface area contributed by atoms with Gasteiger partial charge in [0.2, 0.25) is 0 Å². The molecule has 1 aliphatic rings. The zero-order valence-corrected chi connectivity index (χ0v) is 21.6. The Morgan fingerprint density at radius 2 is 1.64 bits per heavy atom. The van der Waals surface area contributed by atoms with Gasteiger partial charge in [0.1, 0.15) is 17.3 Å². The Hall–Kier alpha value is -3.69. The average Bonchev–Trinajstić information content (AvgIpc) is 3.51. The summed E-state index contributed by atoms with van der Waals surface area (Å²) in [7, 11) is 5.93. The Morgan fingerprint density at radius 1 is 0.944 bits per heavy atom. The van der Waals surface area contributed by atoms with Gasteiger partial charge in [-0.05, 0) is 35.2 Å². The lowest BCUT2D eigenvalue weighted by Crippen LogP contribution is -2.28. The number of likely N-dealkylation sites (tertiary alicyclic amines) is 1. The summed E-state index contributed by atoms with van der Waals surface area (Å²) in [6.07, 6.45) is 0. The van der Waals surface area contributed by atoms with Gasteiger partial charge in [0.05, 0.1) is 50.6 Å². The van der Waals surface area contributed by atoms with Crippen LogP contribution in [0, 0.1) is 0 Å². The van der Waals surface area contributed by atoms with E-state index in [2.05, 4.69) is 0 Å². The van der Waals surface area contributed by atoms with Crippen LogP contribution in [0.4, 0.5) is 0 Å². The minimum atomic E-state index is -0.816. The fourth-order valence-corrected chi connectivity index (χ4v) is 5.24. The molecule has 1 aromatic heterocycles. The number of methoxy groups -OCH3 is 4. The van der Waals surface area contributed by atoms with Crippen molar-refractivity contribution in [1.29, 1.82) is 0 Å². The molecule has 1 saturated heterocycles. The lowest BCUT2D eigenvalue weighted by Gasteiger charge is -2.24.